The van der Waals surface area contributed by atoms with Crippen LogP contribution in [0.25, 0.3) is 0 Å². The number of alkyl carbamates (subject to hydrolysis) is 1. The summed E-state index contributed by atoms with van der Waals surface area (Å²) in [6.45, 7) is 9.72. The summed E-state index contributed by atoms with van der Waals surface area (Å²) < 4.78 is 9.92. The molecule has 2 unspecified atom stereocenters. The molecule has 8 heteroatoms. The fraction of sp³-hybridized carbons (Fsp3) is 0.833. The molecule has 0 fully saturated rings. The second-order valence-corrected chi connectivity index (χ2v) is 7.83. The van der Waals surface area contributed by atoms with Crippen LogP contribution in [0.4, 0.5) is 4.79 Å². The lowest BCUT2D eigenvalue weighted by molar-refractivity contribution is -0.144. The standard InChI is InChI=1S/C18H34N2O5S/c1-7-9-18(8-2,12-19-16(23)25-17(3,4)5)10-14(21)20-13(11-26)15(22)24-6/h13,26H,7-12H2,1-6H3,(H,19,23)(H,20,21). The fourth-order valence-corrected chi connectivity index (χ4v) is 2.92. The molecular formula is C18H34N2O5S. The van der Waals surface area contributed by atoms with Gasteiger partial charge in [0.2, 0.25) is 5.91 Å². The van der Waals surface area contributed by atoms with Crippen LogP contribution in [0.15, 0.2) is 0 Å². The quantitative estimate of drug-likeness (QED) is 0.394. The number of ether oxygens (including phenoxy) is 2. The van der Waals surface area contributed by atoms with Gasteiger partial charge < -0.3 is 20.1 Å². The first-order valence-corrected chi connectivity index (χ1v) is 9.60. The Bertz CT molecular complexity index is 479. The van der Waals surface area contributed by atoms with Gasteiger partial charge in [-0.3, -0.25) is 4.79 Å². The zero-order valence-electron chi connectivity index (χ0n) is 16.8. The van der Waals surface area contributed by atoms with E-state index in [2.05, 4.69) is 28.0 Å². The normalized spacial score (nSPS) is 14.7. The van der Waals surface area contributed by atoms with Gasteiger partial charge in [0.15, 0.2) is 0 Å². The van der Waals surface area contributed by atoms with E-state index in [-0.39, 0.29) is 18.1 Å². The van der Waals surface area contributed by atoms with Crippen molar-refractivity contribution in [3.63, 3.8) is 0 Å². The Balaban J connectivity index is 4.97. The van der Waals surface area contributed by atoms with Gasteiger partial charge in [0, 0.05) is 18.7 Å². The monoisotopic (exact) mass is 390 g/mol. The highest BCUT2D eigenvalue weighted by atomic mass is 32.1. The third kappa shape index (κ3) is 9.31. The van der Waals surface area contributed by atoms with Gasteiger partial charge >= 0.3 is 12.1 Å². The highest BCUT2D eigenvalue weighted by Crippen LogP contribution is 2.31. The molecule has 0 spiro atoms. The number of carbonyl (C=O) groups is 3. The number of amides is 2. The predicted molar refractivity (Wildman–Crippen MR) is 104 cm³/mol. The molecule has 0 rings (SSSR count). The van der Waals surface area contributed by atoms with Crippen LogP contribution >= 0.6 is 12.6 Å². The first-order chi connectivity index (χ1) is 12.0. The highest BCUT2D eigenvalue weighted by molar-refractivity contribution is 7.80. The van der Waals surface area contributed by atoms with E-state index in [9.17, 15) is 14.4 Å². The minimum Gasteiger partial charge on any atom is -0.467 e. The molecule has 0 saturated carbocycles. The zero-order chi connectivity index (χ0) is 20.4. The molecule has 0 heterocycles. The molecule has 0 aromatic rings. The van der Waals surface area contributed by atoms with E-state index in [0.29, 0.717) is 13.0 Å². The molecule has 0 saturated heterocycles. The molecule has 0 aromatic heterocycles. The molecule has 2 N–H and O–H groups in total. The first-order valence-electron chi connectivity index (χ1n) is 8.97. The minimum atomic E-state index is -0.786. The van der Waals surface area contributed by atoms with E-state index >= 15 is 0 Å². The maximum absolute atomic E-state index is 12.5. The predicted octanol–water partition coefficient (Wildman–Crippen LogP) is 2.69. The average molecular weight is 391 g/mol. The largest absolute Gasteiger partial charge is 0.467 e. The Morgan fingerprint density at radius 1 is 1.15 bits per heavy atom. The Morgan fingerprint density at radius 3 is 2.19 bits per heavy atom. The topological polar surface area (TPSA) is 93.7 Å². The van der Waals surface area contributed by atoms with E-state index in [0.717, 1.165) is 12.8 Å². The van der Waals surface area contributed by atoms with Crippen LogP contribution in [0.3, 0.4) is 0 Å². The Morgan fingerprint density at radius 2 is 1.77 bits per heavy atom. The maximum atomic E-state index is 12.5. The second-order valence-electron chi connectivity index (χ2n) is 7.46. The number of methoxy groups -OCH3 is 1. The van der Waals surface area contributed by atoms with E-state index in [1.165, 1.54) is 7.11 Å². The van der Waals surface area contributed by atoms with Crippen LogP contribution in [0.1, 0.15) is 60.3 Å². The van der Waals surface area contributed by atoms with E-state index in [1.807, 2.05) is 13.8 Å². The van der Waals surface area contributed by atoms with Crippen molar-refractivity contribution in [3.05, 3.63) is 0 Å². The van der Waals surface area contributed by atoms with Crippen molar-refractivity contribution >= 4 is 30.6 Å². The maximum Gasteiger partial charge on any atom is 0.407 e. The lowest BCUT2D eigenvalue weighted by Crippen LogP contribution is -2.47. The van der Waals surface area contributed by atoms with Crippen LogP contribution < -0.4 is 10.6 Å². The summed E-state index contributed by atoms with van der Waals surface area (Å²) in [6.07, 6.45) is 2.01. The van der Waals surface area contributed by atoms with Gasteiger partial charge in [0.1, 0.15) is 11.6 Å². The van der Waals surface area contributed by atoms with Crippen molar-refractivity contribution in [2.45, 2.75) is 71.9 Å². The van der Waals surface area contributed by atoms with Gasteiger partial charge in [-0.2, -0.15) is 12.6 Å². The van der Waals surface area contributed by atoms with Crippen molar-refractivity contribution in [2.24, 2.45) is 5.41 Å². The van der Waals surface area contributed by atoms with Crippen molar-refractivity contribution in [3.8, 4) is 0 Å². The molecule has 7 nitrogen and oxygen atoms in total. The number of nitrogens with one attached hydrogen (secondary N) is 2. The molecule has 0 aliphatic heterocycles. The molecule has 0 aliphatic rings. The van der Waals surface area contributed by atoms with Crippen LogP contribution in [0, 0.1) is 5.41 Å². The molecule has 2 atom stereocenters. The SMILES string of the molecule is CCCC(CC)(CNC(=O)OC(C)(C)C)CC(=O)NC(CS)C(=O)OC. The Kier molecular flexibility index (Phi) is 10.7. The van der Waals surface area contributed by atoms with Crippen LogP contribution in [-0.2, 0) is 19.1 Å². The summed E-state index contributed by atoms with van der Waals surface area (Å²) in [5.74, 6) is -0.643. The summed E-state index contributed by atoms with van der Waals surface area (Å²) in [5, 5.41) is 5.43. The third-order valence-electron chi connectivity index (χ3n) is 4.08. The van der Waals surface area contributed by atoms with Crippen LogP contribution in [0.5, 0.6) is 0 Å². The van der Waals surface area contributed by atoms with E-state index < -0.39 is 29.1 Å². The molecule has 0 aromatic carbocycles. The Hall–Kier alpha value is -1.44. The van der Waals surface area contributed by atoms with Gasteiger partial charge in [-0.1, -0.05) is 20.3 Å². The second kappa shape index (κ2) is 11.3. The molecule has 0 radical (unpaired) electrons. The number of carbonyl (C=O) groups excluding carboxylic acids is 3. The van der Waals surface area contributed by atoms with Gasteiger partial charge in [-0.05, 0) is 39.0 Å². The number of rotatable bonds is 10. The molecule has 152 valence electrons. The summed E-state index contributed by atoms with van der Waals surface area (Å²) in [4.78, 5) is 36.0. The minimum absolute atomic E-state index is 0.154. The summed E-state index contributed by atoms with van der Waals surface area (Å²) in [5.41, 5.74) is -0.992. The molecule has 26 heavy (non-hydrogen) atoms. The smallest absolute Gasteiger partial charge is 0.407 e. The summed E-state index contributed by atoms with van der Waals surface area (Å²) in [7, 11) is 1.27. The van der Waals surface area contributed by atoms with Crippen molar-refractivity contribution in [2.75, 3.05) is 19.4 Å². The Labute approximate surface area is 162 Å². The molecule has 2 amide bonds. The summed E-state index contributed by atoms with van der Waals surface area (Å²) in [6, 6.07) is -0.786. The lowest BCUT2D eigenvalue weighted by atomic mass is 9.77. The molecule has 0 aliphatic carbocycles. The van der Waals surface area contributed by atoms with Crippen molar-refractivity contribution < 1.29 is 23.9 Å². The van der Waals surface area contributed by atoms with Crippen molar-refractivity contribution in [1.82, 2.24) is 10.6 Å². The third-order valence-corrected chi connectivity index (χ3v) is 4.44. The van der Waals surface area contributed by atoms with Crippen LogP contribution in [-0.4, -0.2) is 49.0 Å². The summed E-state index contributed by atoms with van der Waals surface area (Å²) >= 11 is 4.08. The zero-order valence-corrected chi connectivity index (χ0v) is 17.7. The molecule has 0 bridgehead atoms. The number of hydrogen-bond donors (Lipinski definition) is 3. The van der Waals surface area contributed by atoms with Crippen molar-refractivity contribution in [1.29, 1.82) is 0 Å². The number of hydrogen-bond acceptors (Lipinski definition) is 6. The van der Waals surface area contributed by atoms with E-state index in [1.54, 1.807) is 20.8 Å². The molecular weight excluding hydrogens is 356 g/mol. The van der Waals surface area contributed by atoms with Gasteiger partial charge in [-0.25, -0.2) is 9.59 Å². The van der Waals surface area contributed by atoms with E-state index in [4.69, 9.17) is 4.74 Å². The fourth-order valence-electron chi connectivity index (χ4n) is 2.68. The number of thiol groups is 1. The highest BCUT2D eigenvalue weighted by Gasteiger charge is 2.33. The average Bonchev–Trinajstić information content (AvgIpc) is 2.55. The van der Waals surface area contributed by atoms with Gasteiger partial charge in [0.05, 0.1) is 7.11 Å². The van der Waals surface area contributed by atoms with Gasteiger partial charge in [0.25, 0.3) is 0 Å². The van der Waals surface area contributed by atoms with Gasteiger partial charge in [-0.15, -0.1) is 0 Å². The lowest BCUT2D eigenvalue weighted by Gasteiger charge is -2.33. The van der Waals surface area contributed by atoms with Crippen LogP contribution in [0.2, 0.25) is 0 Å². The number of esters is 1. The first kappa shape index (κ1) is 24.6.